The molecule has 0 radical (unpaired) electrons. The van der Waals surface area contributed by atoms with E-state index in [0.717, 1.165) is 0 Å². The van der Waals surface area contributed by atoms with Crippen LogP contribution in [0.2, 0.25) is 0 Å². The Bertz CT molecular complexity index is 414. The highest BCUT2D eigenvalue weighted by Crippen LogP contribution is 2.28. The van der Waals surface area contributed by atoms with E-state index in [4.69, 9.17) is 4.11 Å². The standard InChI is InChI=1S/C11H15BrO2/c1-7-4-5-9(6-10(7)12)11(3,14)8(2)13/h4-6,8,13-14H,1-3H3/i1D3. The zero-order chi connectivity index (χ0) is 13.4. The summed E-state index contributed by atoms with van der Waals surface area (Å²) in [6.45, 7) is 0.758. The molecular formula is C11H15BrO2. The second-order valence-electron chi connectivity index (χ2n) is 3.52. The third-order valence-electron chi connectivity index (χ3n) is 2.37. The number of halogens is 1. The van der Waals surface area contributed by atoms with Gasteiger partial charge in [-0.1, -0.05) is 28.1 Å². The number of hydrogen-bond donors (Lipinski definition) is 2. The van der Waals surface area contributed by atoms with Crippen molar-refractivity contribution in [3.63, 3.8) is 0 Å². The third kappa shape index (κ3) is 2.16. The van der Waals surface area contributed by atoms with Gasteiger partial charge in [0.05, 0.1) is 6.10 Å². The molecule has 1 aromatic carbocycles. The van der Waals surface area contributed by atoms with Crippen LogP contribution in [0.4, 0.5) is 0 Å². The summed E-state index contributed by atoms with van der Waals surface area (Å²) in [7, 11) is 0. The van der Waals surface area contributed by atoms with E-state index in [-0.39, 0.29) is 5.56 Å². The molecule has 0 aromatic heterocycles. The maximum absolute atomic E-state index is 10.1. The monoisotopic (exact) mass is 261 g/mol. The molecule has 0 aliphatic carbocycles. The van der Waals surface area contributed by atoms with Crippen molar-refractivity contribution in [1.82, 2.24) is 0 Å². The van der Waals surface area contributed by atoms with Gasteiger partial charge in [0.15, 0.2) is 0 Å². The Morgan fingerprint density at radius 3 is 2.64 bits per heavy atom. The van der Waals surface area contributed by atoms with Crippen molar-refractivity contribution in [3.8, 4) is 0 Å². The molecule has 2 N–H and O–H groups in total. The Hall–Kier alpha value is -0.380. The Morgan fingerprint density at radius 2 is 2.21 bits per heavy atom. The summed E-state index contributed by atoms with van der Waals surface area (Å²) in [6.07, 6.45) is -0.951. The van der Waals surface area contributed by atoms with E-state index in [0.29, 0.717) is 10.0 Å². The van der Waals surface area contributed by atoms with Crippen LogP contribution >= 0.6 is 15.9 Å². The van der Waals surface area contributed by atoms with Gasteiger partial charge in [-0.15, -0.1) is 0 Å². The van der Waals surface area contributed by atoms with Gasteiger partial charge >= 0.3 is 0 Å². The zero-order valence-electron chi connectivity index (χ0n) is 11.1. The van der Waals surface area contributed by atoms with Crippen LogP contribution in [0.5, 0.6) is 0 Å². The fourth-order valence-corrected chi connectivity index (χ4v) is 1.45. The molecule has 0 aliphatic rings. The molecule has 0 bridgehead atoms. The van der Waals surface area contributed by atoms with Crippen molar-refractivity contribution < 1.29 is 14.3 Å². The molecule has 2 unspecified atom stereocenters. The van der Waals surface area contributed by atoms with E-state index < -0.39 is 18.6 Å². The van der Waals surface area contributed by atoms with Crippen LogP contribution in [0, 0.1) is 6.85 Å². The number of aliphatic hydroxyl groups is 2. The number of aliphatic hydroxyl groups excluding tert-OH is 1. The predicted molar refractivity (Wildman–Crippen MR) is 60.1 cm³/mol. The van der Waals surface area contributed by atoms with Crippen LogP contribution in [0.15, 0.2) is 22.7 Å². The van der Waals surface area contributed by atoms with Gasteiger partial charge in [-0.25, -0.2) is 0 Å². The highest BCUT2D eigenvalue weighted by Gasteiger charge is 2.29. The highest BCUT2D eigenvalue weighted by molar-refractivity contribution is 9.10. The van der Waals surface area contributed by atoms with Crippen LogP contribution in [0.3, 0.4) is 0 Å². The van der Waals surface area contributed by atoms with Crippen molar-refractivity contribution in [2.24, 2.45) is 0 Å². The molecule has 2 atom stereocenters. The first-order chi connectivity index (χ1) is 7.56. The fourth-order valence-electron chi connectivity index (χ4n) is 1.07. The van der Waals surface area contributed by atoms with Gasteiger partial charge in [0.25, 0.3) is 0 Å². The van der Waals surface area contributed by atoms with E-state index in [1.165, 1.54) is 32.0 Å². The van der Waals surface area contributed by atoms with Gasteiger partial charge in [-0.05, 0) is 37.9 Å². The first-order valence-electron chi connectivity index (χ1n) is 5.77. The molecule has 0 spiro atoms. The van der Waals surface area contributed by atoms with E-state index in [1.54, 1.807) is 0 Å². The van der Waals surface area contributed by atoms with Crippen molar-refractivity contribution in [3.05, 3.63) is 33.8 Å². The molecule has 1 aromatic rings. The SMILES string of the molecule is [2H]C([2H])([2H])c1ccc(C(C)(O)C(C)O)cc1Br. The van der Waals surface area contributed by atoms with Gasteiger partial charge in [-0.3, -0.25) is 0 Å². The Labute approximate surface area is 96.9 Å². The minimum atomic E-state index is -2.20. The maximum atomic E-state index is 10.1. The average molecular weight is 262 g/mol. The molecule has 78 valence electrons. The molecule has 0 amide bonds. The number of aryl methyl sites for hydroxylation is 1. The summed E-state index contributed by atoms with van der Waals surface area (Å²) in [5, 5.41) is 19.5. The lowest BCUT2D eigenvalue weighted by Crippen LogP contribution is -2.34. The Kier molecular flexibility index (Phi) is 2.25. The molecule has 0 aliphatic heterocycles. The molecule has 1 rings (SSSR count). The lowest BCUT2D eigenvalue weighted by atomic mass is 9.90. The second-order valence-corrected chi connectivity index (χ2v) is 4.37. The summed E-state index contributed by atoms with van der Waals surface area (Å²) in [4.78, 5) is 0. The first kappa shape index (κ1) is 7.85. The molecule has 0 saturated carbocycles. The summed E-state index contributed by atoms with van der Waals surface area (Å²) in [5.74, 6) is 0. The third-order valence-corrected chi connectivity index (χ3v) is 3.02. The molecule has 0 heterocycles. The molecule has 14 heavy (non-hydrogen) atoms. The fraction of sp³-hybridized carbons (Fsp3) is 0.455. The lowest BCUT2D eigenvalue weighted by Gasteiger charge is -2.27. The van der Waals surface area contributed by atoms with Crippen molar-refractivity contribution in [1.29, 1.82) is 0 Å². The minimum absolute atomic E-state index is 0.183. The van der Waals surface area contributed by atoms with Gasteiger partial charge in [-0.2, -0.15) is 0 Å². The second kappa shape index (κ2) is 4.01. The van der Waals surface area contributed by atoms with Crippen LogP contribution in [-0.2, 0) is 5.60 Å². The van der Waals surface area contributed by atoms with Crippen molar-refractivity contribution in [2.75, 3.05) is 0 Å². The van der Waals surface area contributed by atoms with Crippen LogP contribution in [0.1, 0.15) is 29.1 Å². The first-order valence-corrected chi connectivity index (χ1v) is 5.07. The number of hydrogen-bond acceptors (Lipinski definition) is 2. The van der Waals surface area contributed by atoms with Crippen LogP contribution in [0.25, 0.3) is 0 Å². The quantitative estimate of drug-likeness (QED) is 0.858. The smallest absolute Gasteiger partial charge is 0.112 e. The molecule has 0 saturated heterocycles. The van der Waals surface area contributed by atoms with E-state index in [9.17, 15) is 10.2 Å². The van der Waals surface area contributed by atoms with Crippen molar-refractivity contribution >= 4 is 15.9 Å². The molecule has 2 nitrogen and oxygen atoms in total. The highest BCUT2D eigenvalue weighted by atomic mass is 79.9. The topological polar surface area (TPSA) is 40.5 Å². The van der Waals surface area contributed by atoms with Gasteiger partial charge in [0, 0.05) is 8.58 Å². The Balaban J connectivity index is 3.23. The van der Waals surface area contributed by atoms with Crippen LogP contribution in [-0.4, -0.2) is 16.3 Å². The summed E-state index contributed by atoms with van der Waals surface area (Å²) in [6, 6.07) is 4.47. The summed E-state index contributed by atoms with van der Waals surface area (Å²) < 4.78 is 22.3. The number of benzene rings is 1. The summed E-state index contributed by atoms with van der Waals surface area (Å²) >= 11 is 3.17. The van der Waals surface area contributed by atoms with Gasteiger partial charge < -0.3 is 10.2 Å². The minimum Gasteiger partial charge on any atom is -0.390 e. The average Bonchev–Trinajstić information content (AvgIpc) is 2.15. The number of rotatable bonds is 2. The Morgan fingerprint density at radius 1 is 1.57 bits per heavy atom. The molecule has 3 heteroatoms. The molecular weight excluding hydrogens is 244 g/mol. The summed E-state index contributed by atoms with van der Waals surface area (Å²) in [5.41, 5.74) is -0.759. The van der Waals surface area contributed by atoms with E-state index in [1.807, 2.05) is 0 Å². The lowest BCUT2D eigenvalue weighted by molar-refractivity contribution is -0.0570. The normalized spacial score (nSPS) is 21.6. The van der Waals surface area contributed by atoms with E-state index >= 15 is 0 Å². The van der Waals surface area contributed by atoms with E-state index in [2.05, 4.69) is 15.9 Å². The van der Waals surface area contributed by atoms with Gasteiger partial charge in [0.1, 0.15) is 5.60 Å². The molecule has 0 fully saturated rings. The zero-order valence-corrected chi connectivity index (χ0v) is 9.67. The maximum Gasteiger partial charge on any atom is 0.112 e. The largest absolute Gasteiger partial charge is 0.390 e. The van der Waals surface area contributed by atoms with Crippen LogP contribution < -0.4 is 0 Å². The predicted octanol–water partition coefficient (Wildman–Crippen LogP) is 2.35. The van der Waals surface area contributed by atoms with Gasteiger partial charge in [0.2, 0.25) is 0 Å². The van der Waals surface area contributed by atoms with Crippen molar-refractivity contribution in [2.45, 2.75) is 32.4 Å².